The molecule has 2 aromatic rings. The van der Waals surface area contributed by atoms with E-state index in [1.807, 2.05) is 19.9 Å². The minimum Gasteiger partial charge on any atom is -0.394 e. The van der Waals surface area contributed by atoms with Gasteiger partial charge in [-0.3, -0.25) is 9.69 Å². The smallest absolute Gasteiger partial charge is 0.258 e. The van der Waals surface area contributed by atoms with E-state index in [0.29, 0.717) is 24.1 Å². The van der Waals surface area contributed by atoms with Gasteiger partial charge in [0.2, 0.25) is 0 Å². The van der Waals surface area contributed by atoms with E-state index < -0.39 is 11.7 Å². The van der Waals surface area contributed by atoms with Crippen molar-refractivity contribution < 1.29 is 14.3 Å². The lowest BCUT2D eigenvalue weighted by Gasteiger charge is -2.32. The van der Waals surface area contributed by atoms with Crippen LogP contribution in [0.5, 0.6) is 0 Å². The third kappa shape index (κ3) is 5.83. The van der Waals surface area contributed by atoms with Gasteiger partial charge in [-0.05, 0) is 69.0 Å². The summed E-state index contributed by atoms with van der Waals surface area (Å²) in [6.07, 6.45) is 7.52. The summed E-state index contributed by atoms with van der Waals surface area (Å²) in [4.78, 5) is 15.0. The molecule has 0 saturated heterocycles. The molecule has 0 bridgehead atoms. The lowest BCUT2D eigenvalue weighted by molar-refractivity contribution is 0.0963. The molecule has 33 heavy (non-hydrogen) atoms. The molecule has 0 saturated carbocycles. The van der Waals surface area contributed by atoms with Crippen LogP contribution in [0.25, 0.3) is 5.57 Å². The number of aliphatic hydroxyl groups is 1. The summed E-state index contributed by atoms with van der Waals surface area (Å²) in [5.74, 6) is -0.402. The Kier molecular flexibility index (Phi) is 7.94. The molecule has 1 aliphatic rings. The molecule has 1 amide bonds. The second kappa shape index (κ2) is 10.7. The lowest BCUT2D eigenvalue weighted by Crippen LogP contribution is -2.36. The molecular formula is C25H32FN5O2. The molecule has 8 heteroatoms. The highest BCUT2D eigenvalue weighted by Gasteiger charge is 2.22. The summed E-state index contributed by atoms with van der Waals surface area (Å²) in [5.41, 5.74) is 3.14. The average molecular weight is 454 g/mol. The Morgan fingerprint density at radius 2 is 2.09 bits per heavy atom. The highest BCUT2D eigenvalue weighted by molar-refractivity contribution is 5.96. The number of amides is 1. The number of hydrogen-bond acceptors (Lipinski definition) is 5. The summed E-state index contributed by atoms with van der Waals surface area (Å²) < 4.78 is 16.4. The van der Waals surface area contributed by atoms with E-state index >= 15 is 0 Å². The Bertz CT molecular complexity index is 1090. The fourth-order valence-electron chi connectivity index (χ4n) is 3.79. The summed E-state index contributed by atoms with van der Waals surface area (Å²) in [6.45, 7) is 13.4. The number of aromatic nitrogens is 3. The summed E-state index contributed by atoms with van der Waals surface area (Å²) in [5, 5.41) is 20.0. The number of hydrogen-bond donors (Lipinski definition) is 2. The quantitative estimate of drug-likeness (QED) is 0.597. The fraction of sp³-hybridized carbons (Fsp3) is 0.400. The maximum atomic E-state index is 14.6. The number of nitrogens with zero attached hydrogens (tertiary/aromatic N) is 4. The first-order chi connectivity index (χ1) is 15.7. The zero-order chi connectivity index (χ0) is 24.1. The van der Waals surface area contributed by atoms with Gasteiger partial charge in [0.1, 0.15) is 12.1 Å². The molecule has 1 atom stereocenters. The van der Waals surface area contributed by atoms with Crippen LogP contribution < -0.4 is 5.32 Å². The first kappa shape index (κ1) is 24.5. The highest BCUT2D eigenvalue weighted by atomic mass is 19.1. The van der Waals surface area contributed by atoms with E-state index in [9.17, 15) is 14.3 Å². The zero-order valence-corrected chi connectivity index (χ0v) is 19.7. The molecule has 2 N–H and O–H groups in total. The van der Waals surface area contributed by atoms with E-state index in [2.05, 4.69) is 40.8 Å². The van der Waals surface area contributed by atoms with Crippen LogP contribution in [0.1, 0.15) is 61.0 Å². The monoisotopic (exact) mass is 453 g/mol. The average Bonchev–Trinajstić information content (AvgIpc) is 3.27. The van der Waals surface area contributed by atoms with Gasteiger partial charge in [-0.2, -0.15) is 0 Å². The van der Waals surface area contributed by atoms with Gasteiger partial charge in [0.15, 0.2) is 5.82 Å². The lowest BCUT2D eigenvalue weighted by atomic mass is 9.96. The molecule has 3 rings (SSSR count). The molecule has 1 aromatic heterocycles. The van der Waals surface area contributed by atoms with Gasteiger partial charge in [0.05, 0.1) is 18.2 Å². The molecule has 0 fully saturated rings. The first-order valence-corrected chi connectivity index (χ1v) is 11.1. The molecule has 0 radical (unpaired) electrons. The van der Waals surface area contributed by atoms with Gasteiger partial charge in [0, 0.05) is 24.8 Å². The third-order valence-corrected chi connectivity index (χ3v) is 5.89. The maximum Gasteiger partial charge on any atom is 0.258 e. The first-order valence-electron chi connectivity index (χ1n) is 11.1. The number of halogens is 1. The Morgan fingerprint density at radius 3 is 2.79 bits per heavy atom. The van der Waals surface area contributed by atoms with Crippen molar-refractivity contribution in [3.63, 3.8) is 0 Å². The molecule has 176 valence electrons. The third-order valence-electron chi connectivity index (χ3n) is 5.89. The topological polar surface area (TPSA) is 83.3 Å². The van der Waals surface area contributed by atoms with Gasteiger partial charge in [-0.15, -0.1) is 10.2 Å². The van der Waals surface area contributed by atoms with Crippen molar-refractivity contribution in [1.29, 1.82) is 0 Å². The number of carbonyl (C=O) groups is 1. The summed E-state index contributed by atoms with van der Waals surface area (Å²) in [7, 11) is 0. The van der Waals surface area contributed by atoms with Crippen LogP contribution in [0.2, 0.25) is 0 Å². The molecule has 2 heterocycles. The number of allylic oxidation sites excluding steroid dienone is 4. The van der Waals surface area contributed by atoms with E-state index in [-0.39, 0.29) is 18.2 Å². The summed E-state index contributed by atoms with van der Waals surface area (Å²) in [6, 6.07) is 3.39. The van der Waals surface area contributed by atoms with Gasteiger partial charge < -0.3 is 15.0 Å². The second-order valence-corrected chi connectivity index (χ2v) is 8.70. The van der Waals surface area contributed by atoms with Crippen molar-refractivity contribution in [2.75, 3.05) is 13.2 Å². The summed E-state index contributed by atoms with van der Waals surface area (Å²) >= 11 is 0. The minimum atomic E-state index is -0.524. The van der Waals surface area contributed by atoms with Gasteiger partial charge in [-0.25, -0.2) is 4.39 Å². The van der Waals surface area contributed by atoms with Crippen molar-refractivity contribution in [1.82, 2.24) is 25.0 Å². The Hall–Kier alpha value is -3.10. The van der Waals surface area contributed by atoms with Crippen LogP contribution >= 0.6 is 0 Å². The Balaban J connectivity index is 1.67. The normalized spacial score (nSPS) is 15.7. The maximum absolute atomic E-state index is 14.6. The van der Waals surface area contributed by atoms with Crippen LogP contribution in [0, 0.1) is 5.82 Å². The van der Waals surface area contributed by atoms with Crippen LogP contribution in [-0.2, 0) is 13.0 Å². The number of aliphatic hydroxyl groups excluding tert-OH is 1. The standard InChI is InChI=1S/C25H32FN5O2/c1-16(2)30-10-9-20-12-23(26)22(11-21(20)13-30)25(33)28-18(4)8-6-7-17(3)24-29-27-15-31(24)19(5)14-32/h6-8,11-12,15-16,19,32H,4,9-10,13-14H2,1-3,5H3,(H,28,33)/b8-6-,17-7+. The molecule has 0 aliphatic carbocycles. The van der Waals surface area contributed by atoms with Crippen LogP contribution in [0.15, 0.2) is 49.0 Å². The number of benzene rings is 1. The van der Waals surface area contributed by atoms with Gasteiger partial charge >= 0.3 is 0 Å². The van der Waals surface area contributed by atoms with Crippen molar-refractivity contribution >= 4 is 11.5 Å². The fourth-order valence-corrected chi connectivity index (χ4v) is 3.79. The number of nitrogens with one attached hydrogen (secondary N) is 1. The van der Waals surface area contributed by atoms with Crippen molar-refractivity contribution in [3.05, 3.63) is 77.3 Å². The van der Waals surface area contributed by atoms with Crippen molar-refractivity contribution in [2.24, 2.45) is 0 Å². The van der Waals surface area contributed by atoms with Gasteiger partial charge in [0.25, 0.3) is 5.91 Å². The van der Waals surface area contributed by atoms with Crippen molar-refractivity contribution in [2.45, 2.75) is 52.7 Å². The highest BCUT2D eigenvalue weighted by Crippen LogP contribution is 2.24. The molecule has 1 aromatic carbocycles. The molecule has 7 nitrogen and oxygen atoms in total. The molecule has 1 unspecified atom stereocenters. The van der Waals surface area contributed by atoms with E-state index in [0.717, 1.165) is 29.7 Å². The van der Waals surface area contributed by atoms with E-state index in [4.69, 9.17) is 0 Å². The number of carbonyl (C=O) groups excluding carboxylic acids is 1. The molecule has 0 spiro atoms. The largest absolute Gasteiger partial charge is 0.394 e. The van der Waals surface area contributed by atoms with E-state index in [1.165, 1.54) is 6.07 Å². The SMILES string of the molecule is C=C(/C=C\C=C(/C)c1nncn1C(C)CO)NC(=O)c1cc2c(cc1F)CCN(C(C)C)C2. The minimum absolute atomic E-state index is 0.0201. The predicted octanol–water partition coefficient (Wildman–Crippen LogP) is 3.64. The van der Waals surface area contributed by atoms with E-state index in [1.54, 1.807) is 29.1 Å². The number of rotatable bonds is 8. The second-order valence-electron chi connectivity index (χ2n) is 8.70. The molecule has 1 aliphatic heterocycles. The van der Waals surface area contributed by atoms with Gasteiger partial charge in [-0.1, -0.05) is 18.7 Å². The van der Waals surface area contributed by atoms with Crippen molar-refractivity contribution in [3.8, 4) is 0 Å². The van der Waals surface area contributed by atoms with Crippen LogP contribution in [-0.4, -0.2) is 49.9 Å². The van der Waals surface area contributed by atoms with Crippen LogP contribution in [0.4, 0.5) is 4.39 Å². The Morgan fingerprint density at radius 1 is 1.33 bits per heavy atom. The molecular weight excluding hydrogens is 421 g/mol. The number of fused-ring (bicyclic) bond motifs is 1. The van der Waals surface area contributed by atoms with Crippen LogP contribution in [0.3, 0.4) is 0 Å². The zero-order valence-electron chi connectivity index (χ0n) is 19.7. The predicted molar refractivity (Wildman–Crippen MR) is 127 cm³/mol. The Labute approximate surface area is 194 Å².